The summed E-state index contributed by atoms with van der Waals surface area (Å²) in [7, 11) is 0. The van der Waals surface area contributed by atoms with Gasteiger partial charge < -0.3 is 9.47 Å². The molecule has 0 rings (SSSR count). The average Bonchev–Trinajstić information content (AvgIpc) is 2.54. The van der Waals surface area contributed by atoms with E-state index < -0.39 is 56.2 Å². The quantitative estimate of drug-likeness (QED) is 0.149. The van der Waals surface area contributed by atoms with Crippen molar-refractivity contribution in [2.45, 2.75) is 25.2 Å². The number of carbonyl (C=O) groups is 2. The van der Waals surface area contributed by atoms with Crippen molar-refractivity contribution in [3.8, 4) is 0 Å². The van der Waals surface area contributed by atoms with Crippen LogP contribution in [0.2, 0.25) is 0 Å². The molecule has 0 aliphatic heterocycles. The molecule has 0 aromatic rings. The summed E-state index contributed by atoms with van der Waals surface area (Å²) in [6, 6.07) is 0. The Bertz CT molecular complexity index is 587. The summed E-state index contributed by atoms with van der Waals surface area (Å²) < 4.78 is 8.54. The van der Waals surface area contributed by atoms with Gasteiger partial charge in [0, 0.05) is 12.2 Å². The molecule has 16 nitrogen and oxygen atoms in total. The highest BCUT2D eigenvalue weighted by Gasteiger charge is 2.53. The fourth-order valence-electron chi connectivity index (χ4n) is 0.992. The van der Waals surface area contributed by atoms with Crippen LogP contribution >= 0.6 is 0 Å². The lowest BCUT2D eigenvalue weighted by Crippen LogP contribution is -2.48. The molecule has 16 heteroatoms. The topological polar surface area (TPSA) is 225 Å². The van der Waals surface area contributed by atoms with Crippen molar-refractivity contribution in [2.75, 3.05) is 13.2 Å². The molecule has 0 aromatic heterocycles. The Labute approximate surface area is 142 Å². The first kappa shape index (κ1) is 22.3. The highest BCUT2D eigenvalue weighted by molar-refractivity contribution is 5.91. The van der Waals surface area contributed by atoms with Gasteiger partial charge in [-0.2, -0.15) is 0 Å². The normalized spacial score (nSPS) is 11.6. The monoisotopic (exact) mass is 380 g/mol. The smallest absolute Gasteiger partial charge is 0.447 e. The van der Waals surface area contributed by atoms with Crippen LogP contribution in [0, 0.1) is 40.5 Å². The summed E-state index contributed by atoms with van der Waals surface area (Å²) in [4.78, 5) is 59.8. The second-order valence-corrected chi connectivity index (χ2v) is 5.01. The summed E-state index contributed by atoms with van der Waals surface area (Å²) in [5, 5.41) is 42.4. The van der Waals surface area contributed by atoms with Gasteiger partial charge in [0.05, 0.1) is 13.8 Å². The Morgan fingerprint density at radius 3 is 1.15 bits per heavy atom. The van der Waals surface area contributed by atoms with Crippen molar-refractivity contribution in [3.05, 3.63) is 52.6 Å². The molecule has 26 heavy (non-hydrogen) atoms. The first-order valence-electron chi connectivity index (χ1n) is 6.37. The second-order valence-electron chi connectivity index (χ2n) is 5.01. The Hall–Kier alpha value is -3.72. The average molecular weight is 380 g/mol. The minimum absolute atomic E-state index is 0.373. The van der Waals surface area contributed by atoms with Gasteiger partial charge in [0.15, 0.2) is 0 Å². The number of carbonyl (C=O) groups excluding carboxylic acids is 2. The van der Waals surface area contributed by atoms with E-state index in [9.17, 15) is 50.0 Å². The Kier molecular flexibility index (Phi) is 7.20. The second kappa shape index (κ2) is 8.40. The largest absolute Gasteiger partial charge is 0.488 e. The number of esters is 2. The first-order chi connectivity index (χ1) is 11.8. The predicted molar refractivity (Wildman–Crippen MR) is 75.8 cm³/mol. The van der Waals surface area contributed by atoms with Gasteiger partial charge >= 0.3 is 23.3 Å². The maximum absolute atomic E-state index is 11.3. The lowest BCUT2D eigenvalue weighted by Gasteiger charge is -2.12. The van der Waals surface area contributed by atoms with Crippen LogP contribution < -0.4 is 0 Å². The summed E-state index contributed by atoms with van der Waals surface area (Å²) in [5.41, 5.74) is -5.60. The highest BCUT2D eigenvalue weighted by atomic mass is 16.7. The van der Waals surface area contributed by atoms with Crippen LogP contribution in [0.5, 0.6) is 0 Å². The van der Waals surface area contributed by atoms with Gasteiger partial charge in [-0.3, -0.25) is 40.5 Å². The van der Waals surface area contributed by atoms with Gasteiger partial charge in [-0.1, -0.05) is 0 Å². The summed E-state index contributed by atoms with van der Waals surface area (Å²) in [6.45, 7) is -1.31. The lowest BCUT2D eigenvalue weighted by atomic mass is 10.2. The SMILES string of the molecule is CC(COC(=O)C=CC(=O)OCC(C)([N+](=O)[O-])[N+](=O)[O-])([N+](=O)[O-])[N+](=O)[O-]. The summed E-state index contributed by atoms with van der Waals surface area (Å²) in [5.74, 6) is -2.77. The fraction of sp³-hybridized carbons (Fsp3) is 0.600. The Morgan fingerprint density at radius 2 is 0.962 bits per heavy atom. The van der Waals surface area contributed by atoms with E-state index in [-0.39, 0.29) is 0 Å². The van der Waals surface area contributed by atoms with E-state index >= 15 is 0 Å². The maximum atomic E-state index is 11.3. The molecule has 0 aliphatic rings. The first-order valence-corrected chi connectivity index (χ1v) is 6.37. The van der Waals surface area contributed by atoms with Crippen LogP contribution in [0.3, 0.4) is 0 Å². The molecule has 0 N–H and O–H groups in total. The van der Waals surface area contributed by atoms with Crippen LogP contribution in [0.1, 0.15) is 13.8 Å². The van der Waals surface area contributed by atoms with Crippen molar-refractivity contribution >= 4 is 11.9 Å². The zero-order valence-corrected chi connectivity index (χ0v) is 13.3. The summed E-state index contributed by atoms with van der Waals surface area (Å²) in [6.07, 6.45) is 0.747. The molecule has 144 valence electrons. The fourth-order valence-corrected chi connectivity index (χ4v) is 0.992. The molecular weight excluding hydrogens is 368 g/mol. The number of hydrogen-bond acceptors (Lipinski definition) is 12. The van der Waals surface area contributed by atoms with Gasteiger partial charge in [-0.05, 0) is 0 Å². The number of nitro groups is 4. The van der Waals surface area contributed by atoms with Crippen LogP contribution in [0.25, 0.3) is 0 Å². The summed E-state index contributed by atoms with van der Waals surface area (Å²) >= 11 is 0. The van der Waals surface area contributed by atoms with Crippen LogP contribution in [-0.4, -0.2) is 56.2 Å². The van der Waals surface area contributed by atoms with E-state index in [0.717, 1.165) is 0 Å². The minimum Gasteiger partial charge on any atom is -0.447 e. The zero-order valence-electron chi connectivity index (χ0n) is 13.3. The third kappa shape index (κ3) is 5.42. The minimum atomic E-state index is -2.80. The van der Waals surface area contributed by atoms with Crippen molar-refractivity contribution in [2.24, 2.45) is 0 Å². The number of rotatable bonds is 10. The molecule has 0 atom stereocenters. The molecule has 0 saturated heterocycles. The zero-order chi connectivity index (χ0) is 20.7. The van der Waals surface area contributed by atoms with Gasteiger partial charge in [-0.25, -0.2) is 9.59 Å². The lowest BCUT2D eigenvalue weighted by molar-refractivity contribution is -0.793. The van der Waals surface area contributed by atoms with Gasteiger partial charge in [0.2, 0.25) is 13.2 Å². The van der Waals surface area contributed by atoms with Gasteiger partial charge in [0.1, 0.15) is 19.7 Å². The molecule has 0 saturated carbocycles. The third-order valence-corrected chi connectivity index (χ3v) is 2.90. The molecule has 0 amide bonds. The van der Waals surface area contributed by atoms with E-state index in [1.54, 1.807) is 0 Å². The van der Waals surface area contributed by atoms with Crippen LogP contribution in [-0.2, 0) is 19.1 Å². The number of ether oxygens (including phenoxy) is 2. The molecule has 0 radical (unpaired) electrons. The van der Waals surface area contributed by atoms with E-state index in [2.05, 4.69) is 9.47 Å². The molecule has 0 unspecified atom stereocenters. The molecule has 0 heterocycles. The van der Waals surface area contributed by atoms with Crippen molar-refractivity contribution < 1.29 is 38.8 Å². The van der Waals surface area contributed by atoms with Crippen molar-refractivity contribution in [3.63, 3.8) is 0 Å². The van der Waals surface area contributed by atoms with E-state index in [4.69, 9.17) is 0 Å². The Morgan fingerprint density at radius 1 is 0.731 bits per heavy atom. The standard InChI is InChI=1S/C10H12N4O12/c1-9(11(17)18,12(19)20)5-25-7(15)3-4-8(16)26-6-10(2,13(21)22)14(23)24/h3-4H,5-6H2,1-2H3. The molecular formula is C10H12N4O12. The molecule has 0 aliphatic carbocycles. The van der Waals surface area contributed by atoms with Gasteiger partial charge in [-0.15, -0.1) is 0 Å². The van der Waals surface area contributed by atoms with E-state index in [1.165, 1.54) is 0 Å². The van der Waals surface area contributed by atoms with Crippen LogP contribution in [0.4, 0.5) is 0 Å². The molecule has 0 fully saturated rings. The van der Waals surface area contributed by atoms with E-state index in [1.807, 2.05) is 0 Å². The third-order valence-electron chi connectivity index (χ3n) is 2.90. The number of nitrogens with zero attached hydrogens (tertiary/aromatic N) is 4. The van der Waals surface area contributed by atoms with Crippen LogP contribution in [0.15, 0.2) is 12.2 Å². The highest BCUT2D eigenvalue weighted by Crippen LogP contribution is 2.12. The molecule has 0 aromatic carbocycles. The van der Waals surface area contributed by atoms with E-state index in [0.29, 0.717) is 26.0 Å². The predicted octanol–water partition coefficient (Wildman–Crippen LogP) is -0.832. The van der Waals surface area contributed by atoms with Gasteiger partial charge in [0.25, 0.3) is 0 Å². The molecule has 0 bridgehead atoms. The Balaban J connectivity index is 4.73. The van der Waals surface area contributed by atoms with Crippen molar-refractivity contribution in [1.82, 2.24) is 0 Å². The number of hydrogen-bond donors (Lipinski definition) is 0. The molecule has 0 spiro atoms. The van der Waals surface area contributed by atoms with Crippen molar-refractivity contribution in [1.29, 1.82) is 0 Å². The maximum Gasteiger partial charge on any atom is 0.488 e.